The first-order valence-electron chi connectivity index (χ1n) is 8.99. The topological polar surface area (TPSA) is 94.2 Å². The third kappa shape index (κ3) is 4.26. The molecule has 3 aromatic rings. The fourth-order valence-electron chi connectivity index (χ4n) is 2.90. The van der Waals surface area contributed by atoms with E-state index in [4.69, 9.17) is 18.9 Å². The molecule has 29 heavy (non-hydrogen) atoms. The lowest BCUT2D eigenvalue weighted by atomic mass is 10.2. The minimum atomic E-state index is -0.397. The summed E-state index contributed by atoms with van der Waals surface area (Å²) < 4.78 is 21.6. The van der Waals surface area contributed by atoms with Gasteiger partial charge in [-0.1, -0.05) is 0 Å². The number of carbonyl (C=O) groups excluding carboxylic acids is 1. The molecule has 8 heteroatoms. The Bertz CT molecular complexity index is 1020. The number of benzene rings is 2. The van der Waals surface area contributed by atoms with Crippen molar-refractivity contribution in [1.82, 2.24) is 10.4 Å². The second-order valence-corrected chi connectivity index (χ2v) is 5.99. The Labute approximate surface area is 168 Å². The van der Waals surface area contributed by atoms with Crippen LogP contribution in [0.4, 0.5) is 0 Å². The molecule has 1 amide bonds. The molecule has 0 atom stereocenters. The molecule has 0 bridgehead atoms. The molecule has 0 radical (unpaired) electrons. The highest BCUT2D eigenvalue weighted by molar-refractivity contribution is 6.02. The molecule has 2 aromatic carbocycles. The number of aromatic nitrogens is 1. The van der Waals surface area contributed by atoms with Crippen LogP contribution in [-0.4, -0.2) is 45.0 Å². The number of ether oxygens (including phenoxy) is 4. The van der Waals surface area contributed by atoms with E-state index in [0.29, 0.717) is 40.5 Å². The van der Waals surface area contributed by atoms with E-state index < -0.39 is 5.91 Å². The number of H-pyrrole nitrogens is 1. The van der Waals surface area contributed by atoms with E-state index in [1.54, 1.807) is 25.5 Å². The van der Waals surface area contributed by atoms with Crippen LogP contribution >= 0.6 is 0 Å². The van der Waals surface area contributed by atoms with Crippen LogP contribution < -0.4 is 24.4 Å². The van der Waals surface area contributed by atoms with E-state index >= 15 is 0 Å². The molecule has 1 heterocycles. The van der Waals surface area contributed by atoms with Gasteiger partial charge in [0.05, 0.1) is 39.7 Å². The summed E-state index contributed by atoms with van der Waals surface area (Å²) in [7, 11) is 4.62. The molecule has 0 aliphatic heterocycles. The second-order valence-electron chi connectivity index (χ2n) is 5.99. The Morgan fingerprint density at radius 3 is 2.41 bits per heavy atom. The van der Waals surface area contributed by atoms with Crippen LogP contribution in [0, 0.1) is 0 Å². The molecule has 2 N–H and O–H groups in total. The maximum absolute atomic E-state index is 12.5. The van der Waals surface area contributed by atoms with Crippen LogP contribution in [0.1, 0.15) is 23.0 Å². The summed E-state index contributed by atoms with van der Waals surface area (Å²) in [6.07, 6.45) is 1.56. The molecule has 0 saturated heterocycles. The van der Waals surface area contributed by atoms with E-state index in [0.717, 1.165) is 11.3 Å². The first kappa shape index (κ1) is 20.1. The minimum Gasteiger partial charge on any atom is -0.496 e. The normalized spacial score (nSPS) is 10.9. The number of aromatic amines is 1. The van der Waals surface area contributed by atoms with Gasteiger partial charge in [0.1, 0.15) is 17.2 Å². The molecule has 0 aliphatic rings. The zero-order valence-corrected chi connectivity index (χ0v) is 16.7. The zero-order valence-electron chi connectivity index (χ0n) is 16.7. The van der Waals surface area contributed by atoms with Gasteiger partial charge >= 0.3 is 0 Å². The predicted octanol–water partition coefficient (Wildman–Crippen LogP) is 3.36. The number of hydrogen-bond acceptors (Lipinski definition) is 6. The van der Waals surface area contributed by atoms with Gasteiger partial charge < -0.3 is 23.9 Å². The average molecular weight is 397 g/mol. The van der Waals surface area contributed by atoms with Crippen LogP contribution in [0.15, 0.2) is 41.5 Å². The number of hydrazone groups is 1. The number of amides is 1. The lowest BCUT2D eigenvalue weighted by Crippen LogP contribution is -2.17. The van der Waals surface area contributed by atoms with Crippen molar-refractivity contribution in [2.75, 3.05) is 27.9 Å². The Morgan fingerprint density at radius 1 is 1.07 bits per heavy atom. The fourth-order valence-corrected chi connectivity index (χ4v) is 2.90. The van der Waals surface area contributed by atoms with E-state index in [1.165, 1.54) is 14.2 Å². The Hall–Kier alpha value is -3.68. The van der Waals surface area contributed by atoms with Crippen molar-refractivity contribution in [2.45, 2.75) is 6.92 Å². The van der Waals surface area contributed by atoms with Gasteiger partial charge in [-0.15, -0.1) is 0 Å². The third-order valence-corrected chi connectivity index (χ3v) is 4.26. The SMILES string of the molecule is CCOc1ccc(/C=N\NC(=O)c2cc3c(OC)cc(OC)c(OC)c3[nH]2)cc1. The number of nitrogens with zero attached hydrogens (tertiary/aromatic N) is 1. The molecule has 1 aromatic heterocycles. The van der Waals surface area contributed by atoms with Crippen molar-refractivity contribution >= 4 is 23.0 Å². The number of nitrogens with one attached hydrogen (secondary N) is 2. The van der Waals surface area contributed by atoms with Gasteiger partial charge in [0.2, 0.25) is 0 Å². The molecular formula is C21H23N3O5. The molecule has 3 rings (SSSR count). The smallest absolute Gasteiger partial charge is 0.287 e. The van der Waals surface area contributed by atoms with Crippen LogP contribution in [0.5, 0.6) is 23.0 Å². The average Bonchev–Trinajstić information content (AvgIpc) is 3.19. The number of rotatable bonds is 8. The molecule has 0 fully saturated rings. The van der Waals surface area contributed by atoms with E-state index in [-0.39, 0.29) is 0 Å². The summed E-state index contributed by atoms with van der Waals surface area (Å²) in [5.41, 5.74) is 4.25. The molecule has 8 nitrogen and oxygen atoms in total. The Kier molecular flexibility index (Phi) is 6.23. The number of hydrogen-bond donors (Lipinski definition) is 2. The monoisotopic (exact) mass is 397 g/mol. The summed E-state index contributed by atoms with van der Waals surface area (Å²) in [6.45, 7) is 2.53. The van der Waals surface area contributed by atoms with E-state index in [1.807, 2.05) is 31.2 Å². The number of fused-ring (bicyclic) bond motifs is 1. The first-order chi connectivity index (χ1) is 14.1. The second kappa shape index (κ2) is 9.01. The molecule has 0 unspecified atom stereocenters. The highest BCUT2D eigenvalue weighted by Crippen LogP contribution is 2.41. The summed E-state index contributed by atoms with van der Waals surface area (Å²) in [6, 6.07) is 10.8. The van der Waals surface area contributed by atoms with E-state index in [2.05, 4.69) is 15.5 Å². The Balaban J connectivity index is 1.80. The maximum Gasteiger partial charge on any atom is 0.287 e. The van der Waals surface area contributed by atoms with Gasteiger partial charge in [-0.05, 0) is 42.8 Å². The van der Waals surface area contributed by atoms with Crippen molar-refractivity contribution in [1.29, 1.82) is 0 Å². The van der Waals surface area contributed by atoms with Crippen molar-refractivity contribution in [3.05, 3.63) is 47.7 Å². The van der Waals surface area contributed by atoms with Gasteiger partial charge in [-0.2, -0.15) is 5.10 Å². The molecule has 152 valence electrons. The largest absolute Gasteiger partial charge is 0.496 e. The minimum absolute atomic E-state index is 0.314. The van der Waals surface area contributed by atoms with Crippen molar-refractivity contribution < 1.29 is 23.7 Å². The fraction of sp³-hybridized carbons (Fsp3) is 0.238. The summed E-state index contributed by atoms with van der Waals surface area (Å²) in [4.78, 5) is 15.6. The van der Waals surface area contributed by atoms with Gasteiger partial charge in [0.15, 0.2) is 11.5 Å². The first-order valence-corrected chi connectivity index (χ1v) is 8.99. The third-order valence-electron chi connectivity index (χ3n) is 4.26. The van der Waals surface area contributed by atoms with Crippen LogP contribution in [0.25, 0.3) is 10.9 Å². The van der Waals surface area contributed by atoms with Crippen molar-refractivity contribution in [3.63, 3.8) is 0 Å². The van der Waals surface area contributed by atoms with Crippen LogP contribution in [0.3, 0.4) is 0 Å². The Morgan fingerprint density at radius 2 is 1.79 bits per heavy atom. The van der Waals surface area contributed by atoms with E-state index in [9.17, 15) is 4.79 Å². The molecule has 0 aliphatic carbocycles. The predicted molar refractivity (Wildman–Crippen MR) is 111 cm³/mol. The highest BCUT2D eigenvalue weighted by atomic mass is 16.5. The lowest BCUT2D eigenvalue weighted by molar-refractivity contribution is 0.0951. The summed E-state index contributed by atoms with van der Waals surface area (Å²) >= 11 is 0. The van der Waals surface area contributed by atoms with Crippen molar-refractivity contribution in [3.8, 4) is 23.0 Å². The molecule has 0 spiro atoms. The zero-order chi connectivity index (χ0) is 20.8. The summed E-state index contributed by atoms with van der Waals surface area (Å²) in [5, 5.41) is 4.71. The quantitative estimate of drug-likeness (QED) is 0.449. The summed E-state index contributed by atoms with van der Waals surface area (Å²) in [5.74, 6) is 1.93. The number of methoxy groups -OCH3 is 3. The van der Waals surface area contributed by atoms with Crippen molar-refractivity contribution in [2.24, 2.45) is 5.10 Å². The standard InChI is InChI=1S/C21H23N3O5/c1-5-29-14-8-6-13(7-9-14)12-22-24-21(25)16-10-15-17(26-2)11-18(27-3)20(28-4)19(15)23-16/h6-12,23H,5H2,1-4H3,(H,24,25)/b22-12-. The van der Waals surface area contributed by atoms with Gasteiger partial charge in [-0.25, -0.2) is 5.43 Å². The highest BCUT2D eigenvalue weighted by Gasteiger charge is 2.19. The van der Waals surface area contributed by atoms with Gasteiger partial charge in [0.25, 0.3) is 5.91 Å². The molecule has 0 saturated carbocycles. The van der Waals surface area contributed by atoms with Crippen LogP contribution in [-0.2, 0) is 0 Å². The number of carbonyl (C=O) groups is 1. The van der Waals surface area contributed by atoms with Gasteiger partial charge in [-0.3, -0.25) is 4.79 Å². The van der Waals surface area contributed by atoms with Crippen LogP contribution in [0.2, 0.25) is 0 Å². The maximum atomic E-state index is 12.5. The van der Waals surface area contributed by atoms with Gasteiger partial charge in [0, 0.05) is 11.5 Å². The molecular weight excluding hydrogens is 374 g/mol. The lowest BCUT2D eigenvalue weighted by Gasteiger charge is -2.11.